The first-order valence-corrected chi connectivity index (χ1v) is 7.15. The normalized spacial score (nSPS) is 18.9. The number of piperidine rings is 1. The molecule has 1 aromatic carbocycles. The lowest BCUT2D eigenvalue weighted by atomic mass is 9.85. The minimum absolute atomic E-state index is 0.684. The van der Waals surface area contributed by atoms with Crippen LogP contribution in [-0.2, 0) is 12.1 Å². The minimum atomic E-state index is -0.684. The molecule has 1 N–H and O–H groups in total. The van der Waals surface area contributed by atoms with E-state index in [0.717, 1.165) is 38.0 Å². The van der Waals surface area contributed by atoms with Gasteiger partial charge in [0.2, 0.25) is 0 Å². The van der Waals surface area contributed by atoms with Crippen molar-refractivity contribution in [1.82, 2.24) is 9.88 Å². The molecule has 20 heavy (non-hydrogen) atoms. The van der Waals surface area contributed by atoms with Crippen LogP contribution in [0.15, 0.2) is 54.9 Å². The molecule has 1 saturated heterocycles. The summed E-state index contributed by atoms with van der Waals surface area (Å²) in [6.07, 6.45) is 5.07. The third kappa shape index (κ3) is 2.89. The predicted octanol–water partition coefficient (Wildman–Crippen LogP) is 2.57. The third-order valence-corrected chi connectivity index (χ3v) is 4.15. The highest BCUT2D eigenvalue weighted by Gasteiger charge is 2.33. The molecule has 0 spiro atoms. The quantitative estimate of drug-likeness (QED) is 0.929. The molecule has 0 aliphatic carbocycles. The van der Waals surface area contributed by atoms with Crippen LogP contribution in [0.1, 0.15) is 24.0 Å². The van der Waals surface area contributed by atoms with Gasteiger partial charge in [-0.3, -0.25) is 9.88 Å². The summed E-state index contributed by atoms with van der Waals surface area (Å²) in [5.74, 6) is 0. The molecule has 1 aliphatic rings. The molecule has 1 aliphatic heterocycles. The SMILES string of the molecule is OC1(c2ccncc2)CCN(Cc2ccccc2)CC1. The summed E-state index contributed by atoms with van der Waals surface area (Å²) in [4.78, 5) is 6.43. The van der Waals surface area contributed by atoms with Crippen LogP contribution in [0.4, 0.5) is 0 Å². The van der Waals surface area contributed by atoms with E-state index < -0.39 is 5.60 Å². The maximum atomic E-state index is 10.8. The van der Waals surface area contributed by atoms with Crippen molar-refractivity contribution >= 4 is 0 Å². The number of nitrogens with zero attached hydrogens (tertiary/aromatic N) is 2. The Bertz CT molecular complexity index is 533. The summed E-state index contributed by atoms with van der Waals surface area (Å²) in [6, 6.07) is 14.4. The lowest BCUT2D eigenvalue weighted by molar-refractivity contribution is -0.0278. The van der Waals surface area contributed by atoms with Gasteiger partial charge in [-0.2, -0.15) is 0 Å². The molecule has 0 unspecified atom stereocenters. The monoisotopic (exact) mass is 268 g/mol. The second kappa shape index (κ2) is 5.73. The Morgan fingerprint density at radius 3 is 2.30 bits per heavy atom. The third-order valence-electron chi connectivity index (χ3n) is 4.15. The van der Waals surface area contributed by atoms with Gasteiger partial charge in [0.05, 0.1) is 5.60 Å². The van der Waals surface area contributed by atoms with Crippen LogP contribution in [0.5, 0.6) is 0 Å². The number of benzene rings is 1. The van der Waals surface area contributed by atoms with Gasteiger partial charge < -0.3 is 5.11 Å². The van der Waals surface area contributed by atoms with Crippen molar-refractivity contribution in [3.8, 4) is 0 Å². The van der Waals surface area contributed by atoms with Crippen molar-refractivity contribution in [1.29, 1.82) is 0 Å². The van der Waals surface area contributed by atoms with Crippen molar-refractivity contribution < 1.29 is 5.11 Å². The standard InChI is InChI=1S/C17H20N2O/c20-17(16-6-10-18-11-7-16)8-12-19(13-9-17)14-15-4-2-1-3-5-15/h1-7,10-11,20H,8-9,12-14H2. The summed E-state index contributed by atoms with van der Waals surface area (Å²) in [5, 5.41) is 10.8. The molecule has 0 amide bonds. The second-order valence-corrected chi connectivity index (χ2v) is 5.53. The number of rotatable bonds is 3. The van der Waals surface area contributed by atoms with E-state index in [9.17, 15) is 5.11 Å². The van der Waals surface area contributed by atoms with Crippen LogP contribution in [0, 0.1) is 0 Å². The average molecular weight is 268 g/mol. The van der Waals surface area contributed by atoms with E-state index in [0.29, 0.717) is 0 Å². The molecule has 2 heterocycles. The summed E-state index contributed by atoms with van der Waals surface area (Å²) in [6.45, 7) is 2.81. The Morgan fingerprint density at radius 2 is 1.65 bits per heavy atom. The smallest absolute Gasteiger partial charge is 0.0922 e. The van der Waals surface area contributed by atoms with Gasteiger partial charge in [0, 0.05) is 32.0 Å². The molecule has 1 aromatic heterocycles. The molecule has 2 aromatic rings. The van der Waals surface area contributed by atoms with Crippen LogP contribution < -0.4 is 0 Å². The first-order valence-electron chi connectivity index (χ1n) is 7.15. The van der Waals surface area contributed by atoms with Gasteiger partial charge in [-0.25, -0.2) is 0 Å². The van der Waals surface area contributed by atoms with Crippen LogP contribution >= 0.6 is 0 Å². The number of pyridine rings is 1. The highest BCUT2D eigenvalue weighted by atomic mass is 16.3. The maximum Gasteiger partial charge on any atom is 0.0922 e. The fourth-order valence-corrected chi connectivity index (χ4v) is 2.87. The number of hydrogen-bond donors (Lipinski definition) is 1. The Morgan fingerprint density at radius 1 is 1.00 bits per heavy atom. The fourth-order valence-electron chi connectivity index (χ4n) is 2.87. The zero-order valence-electron chi connectivity index (χ0n) is 11.6. The number of hydrogen-bond acceptors (Lipinski definition) is 3. The molecule has 3 heteroatoms. The van der Waals surface area contributed by atoms with Crippen LogP contribution in [0.25, 0.3) is 0 Å². The summed E-state index contributed by atoms with van der Waals surface area (Å²) in [7, 11) is 0. The van der Waals surface area contributed by atoms with Gasteiger partial charge >= 0.3 is 0 Å². The van der Waals surface area contributed by atoms with E-state index in [4.69, 9.17) is 0 Å². The number of aliphatic hydroxyl groups is 1. The Kier molecular flexibility index (Phi) is 3.81. The fraction of sp³-hybridized carbons (Fsp3) is 0.353. The van der Waals surface area contributed by atoms with Gasteiger partial charge in [-0.15, -0.1) is 0 Å². The molecular weight excluding hydrogens is 248 g/mol. The average Bonchev–Trinajstić information content (AvgIpc) is 2.52. The molecular formula is C17H20N2O. The van der Waals surface area contributed by atoms with Crippen LogP contribution in [-0.4, -0.2) is 28.1 Å². The lowest BCUT2D eigenvalue weighted by Crippen LogP contribution is -2.42. The van der Waals surface area contributed by atoms with E-state index in [1.807, 2.05) is 18.2 Å². The molecule has 3 rings (SSSR count). The molecule has 104 valence electrons. The summed E-state index contributed by atoms with van der Waals surface area (Å²) >= 11 is 0. The molecule has 0 radical (unpaired) electrons. The summed E-state index contributed by atoms with van der Waals surface area (Å²) < 4.78 is 0. The first-order chi connectivity index (χ1) is 9.76. The van der Waals surface area contributed by atoms with E-state index in [1.54, 1.807) is 12.4 Å². The van der Waals surface area contributed by atoms with Gasteiger partial charge in [-0.05, 0) is 36.1 Å². The van der Waals surface area contributed by atoms with E-state index in [-0.39, 0.29) is 0 Å². The summed E-state index contributed by atoms with van der Waals surface area (Å²) in [5.41, 5.74) is 1.64. The first kappa shape index (κ1) is 13.3. The van der Waals surface area contributed by atoms with E-state index >= 15 is 0 Å². The van der Waals surface area contributed by atoms with Crippen molar-refractivity contribution in [2.75, 3.05) is 13.1 Å². The Hall–Kier alpha value is -1.71. The maximum absolute atomic E-state index is 10.8. The van der Waals surface area contributed by atoms with Crippen molar-refractivity contribution in [3.63, 3.8) is 0 Å². The van der Waals surface area contributed by atoms with Crippen molar-refractivity contribution in [2.24, 2.45) is 0 Å². The van der Waals surface area contributed by atoms with E-state index in [1.165, 1.54) is 5.56 Å². The molecule has 0 atom stereocenters. The topological polar surface area (TPSA) is 36.4 Å². The molecule has 0 bridgehead atoms. The van der Waals surface area contributed by atoms with Crippen LogP contribution in [0.3, 0.4) is 0 Å². The van der Waals surface area contributed by atoms with Crippen molar-refractivity contribution in [2.45, 2.75) is 25.0 Å². The second-order valence-electron chi connectivity index (χ2n) is 5.53. The van der Waals surface area contributed by atoms with Gasteiger partial charge in [0.15, 0.2) is 0 Å². The van der Waals surface area contributed by atoms with Gasteiger partial charge in [-0.1, -0.05) is 30.3 Å². The van der Waals surface area contributed by atoms with Crippen LogP contribution in [0.2, 0.25) is 0 Å². The highest BCUT2D eigenvalue weighted by molar-refractivity contribution is 5.20. The van der Waals surface area contributed by atoms with Gasteiger partial charge in [0.1, 0.15) is 0 Å². The minimum Gasteiger partial charge on any atom is -0.385 e. The number of likely N-dealkylation sites (tertiary alicyclic amines) is 1. The number of aromatic nitrogens is 1. The zero-order chi connectivity index (χ0) is 13.8. The largest absolute Gasteiger partial charge is 0.385 e. The Balaban J connectivity index is 1.62. The van der Waals surface area contributed by atoms with E-state index in [2.05, 4.69) is 34.1 Å². The van der Waals surface area contributed by atoms with Crippen molar-refractivity contribution in [3.05, 3.63) is 66.0 Å². The predicted molar refractivity (Wildman–Crippen MR) is 79.1 cm³/mol. The Labute approximate surface area is 119 Å². The zero-order valence-corrected chi connectivity index (χ0v) is 11.6. The molecule has 0 saturated carbocycles. The molecule has 3 nitrogen and oxygen atoms in total. The lowest BCUT2D eigenvalue weighted by Gasteiger charge is -2.38. The van der Waals surface area contributed by atoms with Gasteiger partial charge in [0.25, 0.3) is 0 Å². The highest BCUT2D eigenvalue weighted by Crippen LogP contribution is 2.32. The molecule has 1 fully saturated rings.